The van der Waals surface area contributed by atoms with Gasteiger partial charge in [-0.15, -0.1) is 23.1 Å². The Morgan fingerprint density at radius 1 is 1.46 bits per heavy atom. The summed E-state index contributed by atoms with van der Waals surface area (Å²) in [7, 11) is 0. The van der Waals surface area contributed by atoms with E-state index in [1.807, 2.05) is 18.4 Å². The van der Waals surface area contributed by atoms with E-state index in [2.05, 4.69) is 0 Å². The Kier molecular flexibility index (Phi) is 2.49. The normalized spacial score (nSPS) is 11.0. The number of thioether (sulfide) groups is 1. The fourth-order valence-corrected chi connectivity index (χ4v) is 2.85. The second kappa shape index (κ2) is 3.48. The first kappa shape index (κ1) is 9.31. The Hall–Kier alpha value is -0.250. The lowest BCUT2D eigenvalue weighted by Gasteiger charge is -1.98. The Morgan fingerprint density at radius 3 is 2.92 bits per heavy atom. The molecule has 0 fully saturated rings. The van der Waals surface area contributed by atoms with Gasteiger partial charge in [0.15, 0.2) is 0 Å². The molecule has 0 N–H and O–H groups in total. The third-order valence-corrected chi connectivity index (χ3v) is 3.91. The molecule has 0 aliphatic rings. The molecule has 0 nitrogen and oxygen atoms in total. The minimum Gasteiger partial charge on any atom is -0.205 e. The van der Waals surface area contributed by atoms with Crippen LogP contribution in [0.15, 0.2) is 22.4 Å². The van der Waals surface area contributed by atoms with E-state index in [1.165, 1.54) is 16.7 Å². The number of rotatable bonds is 1. The van der Waals surface area contributed by atoms with Crippen LogP contribution in [0.1, 0.15) is 0 Å². The highest BCUT2D eigenvalue weighted by Crippen LogP contribution is 2.34. The van der Waals surface area contributed by atoms with Gasteiger partial charge in [0.2, 0.25) is 0 Å². The summed E-state index contributed by atoms with van der Waals surface area (Å²) < 4.78 is 14.0. The van der Waals surface area contributed by atoms with Crippen molar-refractivity contribution < 1.29 is 4.39 Å². The molecule has 0 aliphatic heterocycles. The van der Waals surface area contributed by atoms with Crippen LogP contribution in [0.2, 0.25) is 5.02 Å². The summed E-state index contributed by atoms with van der Waals surface area (Å²) in [4.78, 5) is 0.995. The molecule has 1 aromatic heterocycles. The van der Waals surface area contributed by atoms with Crippen LogP contribution in [0, 0.1) is 5.82 Å². The van der Waals surface area contributed by atoms with Crippen molar-refractivity contribution >= 4 is 44.8 Å². The zero-order valence-electron chi connectivity index (χ0n) is 6.80. The van der Waals surface area contributed by atoms with Gasteiger partial charge < -0.3 is 0 Å². The summed E-state index contributed by atoms with van der Waals surface area (Å²) in [5, 5.41) is 2.75. The van der Waals surface area contributed by atoms with Crippen molar-refractivity contribution in [3.05, 3.63) is 28.4 Å². The Balaban J connectivity index is 2.80. The van der Waals surface area contributed by atoms with E-state index in [1.54, 1.807) is 11.8 Å². The lowest BCUT2D eigenvalue weighted by molar-refractivity contribution is 0.644. The summed E-state index contributed by atoms with van der Waals surface area (Å²) in [5.74, 6) is -0.183. The Bertz CT molecular complexity index is 450. The molecular formula is C9H6ClFS2. The highest BCUT2D eigenvalue weighted by Gasteiger charge is 2.08. The smallest absolute Gasteiger partial charge is 0.141 e. The quantitative estimate of drug-likeness (QED) is 0.656. The fourth-order valence-electron chi connectivity index (χ4n) is 1.16. The predicted octanol–water partition coefficient (Wildman–Crippen LogP) is 4.42. The molecule has 0 spiro atoms. The summed E-state index contributed by atoms with van der Waals surface area (Å²) >= 11 is 8.89. The van der Waals surface area contributed by atoms with Crippen LogP contribution in [-0.4, -0.2) is 6.26 Å². The number of hydrogen-bond acceptors (Lipinski definition) is 2. The lowest BCUT2D eigenvalue weighted by atomic mass is 10.2. The van der Waals surface area contributed by atoms with Crippen molar-refractivity contribution in [1.82, 2.24) is 0 Å². The summed E-state index contributed by atoms with van der Waals surface area (Å²) in [6.45, 7) is 0. The van der Waals surface area contributed by atoms with E-state index >= 15 is 0 Å². The first-order valence-corrected chi connectivity index (χ1v) is 6.11. The maximum Gasteiger partial charge on any atom is 0.141 e. The van der Waals surface area contributed by atoms with E-state index in [9.17, 15) is 4.39 Å². The molecule has 1 aromatic carbocycles. The maximum atomic E-state index is 13.2. The average molecular weight is 233 g/mol. The highest BCUT2D eigenvalue weighted by molar-refractivity contribution is 7.98. The van der Waals surface area contributed by atoms with Crippen molar-refractivity contribution in [2.75, 3.05) is 6.26 Å². The maximum absolute atomic E-state index is 13.2. The lowest BCUT2D eigenvalue weighted by Crippen LogP contribution is -1.74. The highest BCUT2D eigenvalue weighted by atomic mass is 35.5. The molecule has 0 atom stereocenters. The van der Waals surface area contributed by atoms with Crippen LogP contribution in [0.4, 0.5) is 4.39 Å². The van der Waals surface area contributed by atoms with Gasteiger partial charge in [0.25, 0.3) is 0 Å². The van der Waals surface area contributed by atoms with Gasteiger partial charge in [-0.25, -0.2) is 4.39 Å². The number of benzene rings is 1. The summed E-state index contributed by atoms with van der Waals surface area (Å²) in [5.41, 5.74) is 0. The van der Waals surface area contributed by atoms with Crippen LogP contribution >= 0.6 is 34.7 Å². The van der Waals surface area contributed by atoms with E-state index in [0.717, 1.165) is 9.60 Å². The number of halogens is 2. The molecule has 0 bridgehead atoms. The summed E-state index contributed by atoms with van der Waals surface area (Å²) in [6, 6.07) is 3.70. The average Bonchev–Trinajstić information content (AvgIpc) is 2.48. The Morgan fingerprint density at radius 2 is 2.23 bits per heavy atom. The predicted molar refractivity (Wildman–Crippen MR) is 58.6 cm³/mol. The monoisotopic (exact) mass is 232 g/mol. The van der Waals surface area contributed by atoms with Crippen molar-refractivity contribution in [2.45, 2.75) is 4.90 Å². The van der Waals surface area contributed by atoms with Crippen molar-refractivity contribution in [3.63, 3.8) is 0 Å². The van der Waals surface area contributed by atoms with Crippen LogP contribution in [0.5, 0.6) is 0 Å². The topological polar surface area (TPSA) is 0 Å². The molecule has 0 saturated carbocycles. The van der Waals surface area contributed by atoms with Crippen molar-refractivity contribution in [3.8, 4) is 0 Å². The molecule has 0 saturated heterocycles. The molecule has 13 heavy (non-hydrogen) atoms. The molecular weight excluding hydrogens is 227 g/mol. The van der Waals surface area contributed by atoms with Gasteiger partial charge in [-0.05, 0) is 18.4 Å². The molecule has 68 valence electrons. The second-order valence-electron chi connectivity index (χ2n) is 2.57. The molecule has 4 heteroatoms. The number of thiophene rings is 1. The van der Waals surface area contributed by atoms with Gasteiger partial charge in [0.05, 0.1) is 9.72 Å². The summed E-state index contributed by atoms with van der Waals surface area (Å²) in [6.07, 6.45) is 1.95. The third kappa shape index (κ3) is 1.56. The minimum absolute atomic E-state index is 0.183. The molecule has 0 amide bonds. The van der Waals surface area contributed by atoms with E-state index in [0.29, 0.717) is 10.4 Å². The first-order chi connectivity index (χ1) is 6.22. The van der Waals surface area contributed by atoms with Crippen LogP contribution < -0.4 is 0 Å². The largest absolute Gasteiger partial charge is 0.205 e. The van der Waals surface area contributed by atoms with E-state index < -0.39 is 0 Å². The molecule has 0 radical (unpaired) electrons. The zero-order valence-corrected chi connectivity index (χ0v) is 9.19. The van der Waals surface area contributed by atoms with Gasteiger partial charge in [-0.3, -0.25) is 0 Å². The zero-order chi connectivity index (χ0) is 9.42. The standard InChI is InChI=1S/C9H6ClFS2/c1-12-5-2-6-8(11)4-13-9(6)7(10)3-5/h2-4H,1H3. The number of fused-ring (bicyclic) bond motifs is 1. The van der Waals surface area contributed by atoms with Gasteiger partial charge in [-0.1, -0.05) is 11.6 Å². The van der Waals surface area contributed by atoms with Gasteiger partial charge >= 0.3 is 0 Å². The molecule has 2 rings (SSSR count). The molecule has 1 heterocycles. The van der Waals surface area contributed by atoms with Gasteiger partial charge in [0, 0.05) is 15.7 Å². The van der Waals surface area contributed by atoms with Crippen molar-refractivity contribution in [2.24, 2.45) is 0 Å². The molecule has 0 unspecified atom stereocenters. The second-order valence-corrected chi connectivity index (χ2v) is 4.74. The van der Waals surface area contributed by atoms with Crippen molar-refractivity contribution in [1.29, 1.82) is 0 Å². The minimum atomic E-state index is -0.183. The fraction of sp³-hybridized carbons (Fsp3) is 0.111. The SMILES string of the molecule is CSc1cc(Cl)c2scc(F)c2c1. The van der Waals surface area contributed by atoms with Crippen LogP contribution in [-0.2, 0) is 0 Å². The number of hydrogen-bond donors (Lipinski definition) is 0. The van der Waals surface area contributed by atoms with Crippen LogP contribution in [0.25, 0.3) is 10.1 Å². The Labute approximate surface area is 88.7 Å². The van der Waals surface area contributed by atoms with Crippen LogP contribution in [0.3, 0.4) is 0 Å². The van der Waals surface area contributed by atoms with Gasteiger partial charge in [-0.2, -0.15) is 0 Å². The first-order valence-electron chi connectivity index (χ1n) is 3.62. The third-order valence-electron chi connectivity index (χ3n) is 1.79. The molecule has 2 aromatic rings. The molecule has 0 aliphatic carbocycles. The van der Waals surface area contributed by atoms with E-state index in [4.69, 9.17) is 11.6 Å². The van der Waals surface area contributed by atoms with Gasteiger partial charge in [0.1, 0.15) is 5.82 Å². The van der Waals surface area contributed by atoms with E-state index in [-0.39, 0.29) is 5.82 Å².